The van der Waals surface area contributed by atoms with Crippen LogP contribution in [0.25, 0.3) is 0 Å². The van der Waals surface area contributed by atoms with E-state index in [0.717, 1.165) is 12.1 Å². The first-order valence-corrected chi connectivity index (χ1v) is 6.11. The van der Waals surface area contributed by atoms with Gasteiger partial charge in [-0.2, -0.15) is 0 Å². The van der Waals surface area contributed by atoms with E-state index in [4.69, 9.17) is 0 Å². The fourth-order valence-corrected chi connectivity index (χ4v) is 2.23. The van der Waals surface area contributed by atoms with Gasteiger partial charge in [0.05, 0.1) is 6.10 Å². The van der Waals surface area contributed by atoms with E-state index in [-0.39, 0.29) is 6.10 Å². The SMILES string of the molecule is Cc1cccc(C(O)CN(C)C2CCC2)c1. The Morgan fingerprint density at radius 2 is 2.19 bits per heavy atom. The van der Waals surface area contributed by atoms with E-state index >= 15 is 0 Å². The van der Waals surface area contributed by atoms with Crippen molar-refractivity contribution in [2.45, 2.75) is 38.3 Å². The van der Waals surface area contributed by atoms with Crippen LogP contribution in [0.15, 0.2) is 24.3 Å². The lowest BCUT2D eigenvalue weighted by molar-refractivity contribution is 0.0776. The molecule has 1 aliphatic rings. The topological polar surface area (TPSA) is 23.5 Å². The average molecular weight is 219 g/mol. The maximum absolute atomic E-state index is 10.1. The summed E-state index contributed by atoms with van der Waals surface area (Å²) < 4.78 is 0. The summed E-state index contributed by atoms with van der Waals surface area (Å²) in [4.78, 5) is 2.29. The molecule has 1 atom stereocenters. The van der Waals surface area contributed by atoms with Crippen molar-refractivity contribution in [3.8, 4) is 0 Å². The molecule has 1 aliphatic carbocycles. The highest BCUT2D eigenvalue weighted by molar-refractivity contribution is 5.24. The molecule has 88 valence electrons. The number of likely N-dealkylation sites (N-methyl/N-ethyl adjacent to an activating group) is 1. The molecule has 1 saturated carbocycles. The molecule has 2 rings (SSSR count). The van der Waals surface area contributed by atoms with E-state index in [1.807, 2.05) is 12.1 Å². The zero-order valence-electron chi connectivity index (χ0n) is 10.2. The average Bonchev–Trinajstić information content (AvgIpc) is 2.14. The van der Waals surface area contributed by atoms with Gasteiger partial charge in [0.2, 0.25) is 0 Å². The lowest BCUT2D eigenvalue weighted by atomic mass is 9.91. The number of aliphatic hydroxyl groups is 1. The largest absolute Gasteiger partial charge is 0.387 e. The molecule has 1 aromatic rings. The van der Waals surface area contributed by atoms with Crippen molar-refractivity contribution in [2.24, 2.45) is 0 Å². The summed E-state index contributed by atoms with van der Waals surface area (Å²) in [6.07, 6.45) is 3.56. The Labute approximate surface area is 97.9 Å². The molecular formula is C14H21NO. The number of hydrogen-bond donors (Lipinski definition) is 1. The molecule has 16 heavy (non-hydrogen) atoms. The maximum Gasteiger partial charge on any atom is 0.0917 e. The smallest absolute Gasteiger partial charge is 0.0917 e. The predicted octanol–water partition coefficient (Wildman–Crippen LogP) is 2.51. The van der Waals surface area contributed by atoms with Crippen molar-refractivity contribution in [3.63, 3.8) is 0 Å². The van der Waals surface area contributed by atoms with Gasteiger partial charge in [-0.05, 0) is 32.4 Å². The maximum atomic E-state index is 10.1. The lowest BCUT2D eigenvalue weighted by Gasteiger charge is -2.35. The molecule has 0 radical (unpaired) electrons. The van der Waals surface area contributed by atoms with Crippen LogP contribution in [-0.2, 0) is 0 Å². The Bertz CT molecular complexity index is 346. The van der Waals surface area contributed by atoms with Gasteiger partial charge in [-0.3, -0.25) is 0 Å². The first-order valence-electron chi connectivity index (χ1n) is 6.11. The summed E-state index contributed by atoms with van der Waals surface area (Å²) in [7, 11) is 2.11. The Balaban J connectivity index is 1.93. The number of benzene rings is 1. The van der Waals surface area contributed by atoms with Crippen LogP contribution in [0.5, 0.6) is 0 Å². The van der Waals surface area contributed by atoms with Crippen molar-refractivity contribution >= 4 is 0 Å². The van der Waals surface area contributed by atoms with Gasteiger partial charge >= 0.3 is 0 Å². The van der Waals surface area contributed by atoms with Gasteiger partial charge in [-0.1, -0.05) is 36.2 Å². The number of hydrogen-bond acceptors (Lipinski definition) is 2. The summed E-state index contributed by atoms with van der Waals surface area (Å²) in [5.41, 5.74) is 2.24. The second-order valence-corrected chi connectivity index (χ2v) is 4.95. The zero-order chi connectivity index (χ0) is 11.5. The van der Waals surface area contributed by atoms with Gasteiger partial charge in [0, 0.05) is 12.6 Å². The van der Waals surface area contributed by atoms with Gasteiger partial charge in [0.25, 0.3) is 0 Å². The van der Waals surface area contributed by atoms with Crippen LogP contribution < -0.4 is 0 Å². The highest BCUT2D eigenvalue weighted by atomic mass is 16.3. The minimum atomic E-state index is -0.356. The van der Waals surface area contributed by atoms with Crippen LogP contribution in [0, 0.1) is 6.92 Å². The third-order valence-corrected chi connectivity index (χ3v) is 3.59. The summed E-state index contributed by atoms with van der Waals surface area (Å²) in [5, 5.41) is 10.1. The molecule has 1 aromatic carbocycles. The number of aliphatic hydroxyl groups excluding tert-OH is 1. The van der Waals surface area contributed by atoms with Gasteiger partial charge < -0.3 is 10.0 Å². The third kappa shape index (κ3) is 2.63. The van der Waals surface area contributed by atoms with Gasteiger partial charge in [-0.15, -0.1) is 0 Å². The van der Waals surface area contributed by atoms with Crippen molar-refractivity contribution in [2.75, 3.05) is 13.6 Å². The Hall–Kier alpha value is -0.860. The Morgan fingerprint density at radius 1 is 1.44 bits per heavy atom. The molecule has 0 saturated heterocycles. The van der Waals surface area contributed by atoms with Crippen molar-refractivity contribution in [1.29, 1.82) is 0 Å². The molecule has 0 amide bonds. The molecule has 0 spiro atoms. The highest BCUT2D eigenvalue weighted by Crippen LogP contribution is 2.25. The summed E-state index contributed by atoms with van der Waals surface area (Å²) in [6, 6.07) is 8.84. The summed E-state index contributed by atoms with van der Waals surface area (Å²) in [6.45, 7) is 2.81. The van der Waals surface area contributed by atoms with Gasteiger partial charge in [0.1, 0.15) is 0 Å². The second-order valence-electron chi connectivity index (χ2n) is 4.95. The van der Waals surface area contributed by atoms with E-state index in [9.17, 15) is 5.11 Å². The highest BCUT2D eigenvalue weighted by Gasteiger charge is 2.23. The molecular weight excluding hydrogens is 198 g/mol. The molecule has 2 heteroatoms. The van der Waals surface area contributed by atoms with E-state index in [1.54, 1.807) is 0 Å². The fraction of sp³-hybridized carbons (Fsp3) is 0.571. The van der Waals surface area contributed by atoms with Crippen LogP contribution in [0.1, 0.15) is 36.5 Å². The minimum absolute atomic E-state index is 0.356. The van der Waals surface area contributed by atoms with Crippen LogP contribution in [0.3, 0.4) is 0 Å². The predicted molar refractivity (Wildman–Crippen MR) is 66.4 cm³/mol. The van der Waals surface area contributed by atoms with E-state index < -0.39 is 0 Å². The fourth-order valence-electron chi connectivity index (χ4n) is 2.23. The van der Waals surface area contributed by atoms with Crippen molar-refractivity contribution in [3.05, 3.63) is 35.4 Å². The Morgan fingerprint density at radius 3 is 2.75 bits per heavy atom. The third-order valence-electron chi connectivity index (χ3n) is 3.59. The quantitative estimate of drug-likeness (QED) is 0.841. The van der Waals surface area contributed by atoms with Crippen LogP contribution >= 0.6 is 0 Å². The zero-order valence-corrected chi connectivity index (χ0v) is 10.2. The van der Waals surface area contributed by atoms with Gasteiger partial charge in [0.15, 0.2) is 0 Å². The standard InChI is InChI=1S/C14H21NO/c1-11-5-3-6-12(9-11)14(16)10-15(2)13-7-4-8-13/h3,5-6,9,13-14,16H,4,7-8,10H2,1-2H3. The van der Waals surface area contributed by atoms with E-state index in [0.29, 0.717) is 6.04 Å². The monoisotopic (exact) mass is 219 g/mol. The number of rotatable bonds is 4. The normalized spacial score (nSPS) is 18.5. The summed E-state index contributed by atoms with van der Waals surface area (Å²) >= 11 is 0. The molecule has 0 aliphatic heterocycles. The van der Waals surface area contributed by atoms with E-state index in [2.05, 4.69) is 31.0 Å². The molecule has 1 unspecified atom stereocenters. The van der Waals surface area contributed by atoms with Crippen molar-refractivity contribution in [1.82, 2.24) is 4.90 Å². The molecule has 1 N–H and O–H groups in total. The Kier molecular flexibility index (Phi) is 3.62. The second kappa shape index (κ2) is 4.98. The number of nitrogens with zero attached hydrogens (tertiary/aromatic N) is 1. The first kappa shape index (κ1) is 11.6. The summed E-state index contributed by atoms with van der Waals surface area (Å²) in [5.74, 6) is 0. The molecule has 0 heterocycles. The van der Waals surface area contributed by atoms with Gasteiger partial charge in [-0.25, -0.2) is 0 Å². The molecule has 2 nitrogen and oxygen atoms in total. The number of aryl methyl sites for hydroxylation is 1. The molecule has 0 bridgehead atoms. The van der Waals surface area contributed by atoms with Crippen molar-refractivity contribution < 1.29 is 5.11 Å². The van der Waals surface area contributed by atoms with Crippen LogP contribution in [0.4, 0.5) is 0 Å². The minimum Gasteiger partial charge on any atom is -0.387 e. The molecule has 0 aromatic heterocycles. The molecule has 1 fully saturated rings. The van der Waals surface area contributed by atoms with E-state index in [1.165, 1.54) is 24.8 Å². The first-order chi connectivity index (χ1) is 7.66. The van der Waals surface area contributed by atoms with Crippen LogP contribution in [-0.4, -0.2) is 29.6 Å². The lowest BCUT2D eigenvalue weighted by Crippen LogP contribution is -2.39. The van der Waals surface area contributed by atoms with Crippen LogP contribution in [0.2, 0.25) is 0 Å².